The van der Waals surface area contributed by atoms with Crippen molar-refractivity contribution in [2.24, 2.45) is 12.9 Å². The van der Waals surface area contributed by atoms with Crippen LogP contribution in [0.25, 0.3) is 22.6 Å². The minimum atomic E-state index is 0.527. The number of rotatable bonds is 3. The lowest BCUT2D eigenvalue weighted by Crippen LogP contribution is -2.09. The molecule has 7 heteroatoms. The first-order valence-corrected chi connectivity index (χ1v) is 6.64. The van der Waals surface area contributed by atoms with Crippen molar-refractivity contribution in [3.63, 3.8) is 0 Å². The van der Waals surface area contributed by atoms with E-state index in [0.717, 1.165) is 16.8 Å². The second-order valence-corrected chi connectivity index (χ2v) is 4.96. The molecule has 0 spiro atoms. The topological polar surface area (TPSA) is 81.7 Å². The summed E-state index contributed by atoms with van der Waals surface area (Å²) in [4.78, 5) is 8.92. The standard InChI is InChI=1S/C14H13ClN6/c1-21-8-10(7-17-21)12-6-13(20-16)19-14(18-12)9-3-2-4-11(15)5-9/h2-8H,16H2,1H3,(H,18,19,20). The smallest absolute Gasteiger partial charge is 0.162 e. The van der Waals surface area contributed by atoms with Gasteiger partial charge in [0.1, 0.15) is 5.82 Å². The zero-order valence-corrected chi connectivity index (χ0v) is 12.0. The van der Waals surface area contributed by atoms with Gasteiger partial charge in [-0.3, -0.25) is 4.68 Å². The van der Waals surface area contributed by atoms with Crippen LogP contribution in [0.2, 0.25) is 5.02 Å². The van der Waals surface area contributed by atoms with Gasteiger partial charge in [0.15, 0.2) is 5.82 Å². The summed E-state index contributed by atoms with van der Waals surface area (Å²) in [6.45, 7) is 0. The van der Waals surface area contributed by atoms with Crippen LogP contribution in [0.5, 0.6) is 0 Å². The molecule has 0 bridgehead atoms. The Morgan fingerprint density at radius 3 is 2.71 bits per heavy atom. The van der Waals surface area contributed by atoms with Gasteiger partial charge in [-0.1, -0.05) is 23.7 Å². The molecule has 0 unspecified atom stereocenters. The number of hydrazine groups is 1. The van der Waals surface area contributed by atoms with E-state index in [-0.39, 0.29) is 0 Å². The van der Waals surface area contributed by atoms with Crippen LogP contribution in [0.3, 0.4) is 0 Å². The third-order valence-corrected chi connectivity index (χ3v) is 3.19. The van der Waals surface area contributed by atoms with Crippen LogP contribution < -0.4 is 11.3 Å². The number of nitrogen functional groups attached to an aromatic ring is 1. The van der Waals surface area contributed by atoms with Gasteiger partial charge in [0, 0.05) is 35.5 Å². The monoisotopic (exact) mass is 300 g/mol. The van der Waals surface area contributed by atoms with Gasteiger partial charge in [-0.15, -0.1) is 0 Å². The summed E-state index contributed by atoms with van der Waals surface area (Å²) in [5, 5.41) is 4.78. The number of hydrogen-bond donors (Lipinski definition) is 2. The van der Waals surface area contributed by atoms with Crippen molar-refractivity contribution in [1.82, 2.24) is 19.7 Å². The molecule has 0 saturated carbocycles. The van der Waals surface area contributed by atoms with E-state index in [1.54, 1.807) is 23.0 Å². The van der Waals surface area contributed by atoms with Crippen LogP contribution in [0, 0.1) is 0 Å². The molecule has 0 amide bonds. The molecule has 0 aliphatic rings. The fraction of sp³-hybridized carbons (Fsp3) is 0.0714. The molecule has 0 atom stereocenters. The highest BCUT2D eigenvalue weighted by Gasteiger charge is 2.10. The Bertz CT molecular complexity index is 783. The van der Waals surface area contributed by atoms with E-state index in [1.165, 1.54) is 0 Å². The maximum absolute atomic E-state index is 6.02. The lowest BCUT2D eigenvalue weighted by Gasteiger charge is -2.07. The summed E-state index contributed by atoms with van der Waals surface area (Å²) < 4.78 is 1.71. The van der Waals surface area contributed by atoms with E-state index in [4.69, 9.17) is 17.4 Å². The van der Waals surface area contributed by atoms with Gasteiger partial charge in [0.2, 0.25) is 0 Å². The van der Waals surface area contributed by atoms with Gasteiger partial charge in [0.25, 0.3) is 0 Å². The molecule has 3 N–H and O–H groups in total. The Hall–Kier alpha value is -2.44. The zero-order valence-electron chi connectivity index (χ0n) is 11.3. The molecule has 2 heterocycles. The number of anilines is 1. The minimum absolute atomic E-state index is 0.527. The average Bonchev–Trinajstić information content (AvgIpc) is 2.93. The van der Waals surface area contributed by atoms with Gasteiger partial charge in [-0.2, -0.15) is 5.10 Å². The van der Waals surface area contributed by atoms with Crippen molar-refractivity contribution in [2.45, 2.75) is 0 Å². The second kappa shape index (κ2) is 5.51. The third kappa shape index (κ3) is 2.86. The van der Waals surface area contributed by atoms with Crippen LogP contribution in [0.1, 0.15) is 0 Å². The number of aromatic nitrogens is 4. The molecule has 106 valence electrons. The molecule has 2 aromatic heterocycles. The van der Waals surface area contributed by atoms with Gasteiger partial charge in [-0.05, 0) is 12.1 Å². The Kier molecular flexibility index (Phi) is 3.55. The molecule has 0 fully saturated rings. The van der Waals surface area contributed by atoms with Gasteiger partial charge in [-0.25, -0.2) is 15.8 Å². The summed E-state index contributed by atoms with van der Waals surface area (Å²) in [6, 6.07) is 9.13. The van der Waals surface area contributed by atoms with Gasteiger partial charge < -0.3 is 5.43 Å². The van der Waals surface area contributed by atoms with E-state index < -0.39 is 0 Å². The van der Waals surface area contributed by atoms with Crippen LogP contribution >= 0.6 is 11.6 Å². The number of halogens is 1. The molecule has 0 saturated heterocycles. The first-order valence-electron chi connectivity index (χ1n) is 6.26. The average molecular weight is 301 g/mol. The molecule has 6 nitrogen and oxygen atoms in total. The van der Waals surface area contributed by atoms with Crippen molar-refractivity contribution < 1.29 is 0 Å². The molecule has 1 aromatic carbocycles. The van der Waals surface area contributed by atoms with E-state index in [0.29, 0.717) is 16.7 Å². The Labute approximate surface area is 126 Å². The molecular formula is C14H13ClN6. The zero-order chi connectivity index (χ0) is 14.8. The van der Waals surface area contributed by atoms with Crippen LogP contribution in [0.15, 0.2) is 42.7 Å². The van der Waals surface area contributed by atoms with Crippen molar-refractivity contribution in [1.29, 1.82) is 0 Å². The van der Waals surface area contributed by atoms with Gasteiger partial charge >= 0.3 is 0 Å². The number of aryl methyl sites for hydroxylation is 1. The lowest BCUT2D eigenvalue weighted by atomic mass is 10.2. The number of hydrogen-bond acceptors (Lipinski definition) is 5. The summed E-state index contributed by atoms with van der Waals surface area (Å²) in [7, 11) is 1.85. The Balaban J connectivity index is 2.13. The third-order valence-electron chi connectivity index (χ3n) is 2.96. The number of benzene rings is 1. The summed E-state index contributed by atoms with van der Waals surface area (Å²) >= 11 is 6.02. The molecular weight excluding hydrogens is 288 g/mol. The molecule has 21 heavy (non-hydrogen) atoms. The number of nitrogens with two attached hydrogens (primary N) is 1. The Morgan fingerprint density at radius 1 is 1.19 bits per heavy atom. The first kappa shape index (κ1) is 13.5. The van der Waals surface area contributed by atoms with Crippen LogP contribution in [-0.2, 0) is 7.05 Å². The quantitative estimate of drug-likeness (QED) is 0.573. The fourth-order valence-corrected chi connectivity index (χ4v) is 2.17. The Morgan fingerprint density at radius 2 is 2.05 bits per heavy atom. The highest BCUT2D eigenvalue weighted by molar-refractivity contribution is 6.30. The lowest BCUT2D eigenvalue weighted by molar-refractivity contribution is 0.768. The fourth-order valence-electron chi connectivity index (χ4n) is 1.98. The molecule has 0 aliphatic heterocycles. The van der Waals surface area contributed by atoms with Crippen LogP contribution in [-0.4, -0.2) is 19.7 Å². The highest BCUT2D eigenvalue weighted by Crippen LogP contribution is 2.25. The van der Waals surface area contributed by atoms with Gasteiger partial charge in [0.05, 0.1) is 11.9 Å². The van der Waals surface area contributed by atoms with E-state index in [9.17, 15) is 0 Å². The minimum Gasteiger partial charge on any atom is -0.308 e. The van der Waals surface area contributed by atoms with E-state index >= 15 is 0 Å². The van der Waals surface area contributed by atoms with Crippen molar-refractivity contribution in [2.75, 3.05) is 5.43 Å². The summed E-state index contributed by atoms with van der Waals surface area (Å²) in [6.07, 6.45) is 3.62. The molecule has 0 radical (unpaired) electrons. The summed E-state index contributed by atoms with van der Waals surface area (Å²) in [5.74, 6) is 6.57. The van der Waals surface area contributed by atoms with Crippen molar-refractivity contribution in [3.05, 3.63) is 47.7 Å². The predicted octanol–water partition coefficient (Wildman–Crippen LogP) is 2.48. The number of nitrogens with one attached hydrogen (secondary N) is 1. The second-order valence-electron chi connectivity index (χ2n) is 4.52. The predicted molar refractivity (Wildman–Crippen MR) is 82.5 cm³/mol. The number of nitrogens with zero attached hydrogens (tertiary/aromatic N) is 4. The summed E-state index contributed by atoms with van der Waals surface area (Å²) in [5.41, 5.74) is 5.01. The highest BCUT2D eigenvalue weighted by atomic mass is 35.5. The first-order chi connectivity index (χ1) is 10.2. The molecule has 3 aromatic rings. The van der Waals surface area contributed by atoms with Crippen molar-refractivity contribution >= 4 is 17.4 Å². The van der Waals surface area contributed by atoms with E-state index in [1.807, 2.05) is 31.4 Å². The maximum atomic E-state index is 6.02. The van der Waals surface area contributed by atoms with Crippen LogP contribution in [0.4, 0.5) is 5.82 Å². The normalized spacial score (nSPS) is 10.6. The van der Waals surface area contributed by atoms with E-state index in [2.05, 4.69) is 20.5 Å². The maximum Gasteiger partial charge on any atom is 0.162 e. The SMILES string of the molecule is Cn1cc(-c2cc(NN)nc(-c3cccc(Cl)c3)n2)cn1. The van der Waals surface area contributed by atoms with Crippen molar-refractivity contribution in [3.8, 4) is 22.6 Å². The molecule has 3 rings (SSSR count). The molecule has 0 aliphatic carbocycles. The largest absolute Gasteiger partial charge is 0.308 e.